The average Bonchev–Trinajstić information content (AvgIpc) is 3.89. The number of rotatable bonds is 6. The van der Waals surface area contributed by atoms with Gasteiger partial charge in [-0.05, 0) is 134 Å². The molecule has 0 aliphatic carbocycles. The molecule has 0 aliphatic rings. The second kappa shape index (κ2) is 13.9. The molecule has 296 valence electrons. The maximum Gasteiger partial charge on any atom is 0.0547 e. The summed E-state index contributed by atoms with van der Waals surface area (Å²) >= 11 is 1.89. The molecule has 0 saturated carbocycles. The van der Waals surface area contributed by atoms with Crippen LogP contribution in [0.3, 0.4) is 0 Å². The molecule has 0 fully saturated rings. The minimum Gasteiger partial charge on any atom is -0.310 e. The lowest BCUT2D eigenvalue weighted by Crippen LogP contribution is -2.10. The first-order chi connectivity index (χ1) is 31.1. The lowest BCUT2D eigenvalue weighted by Gasteiger charge is -2.28. The molecule has 0 N–H and O–H groups in total. The Hall–Kier alpha value is -7.72. The van der Waals surface area contributed by atoms with Crippen molar-refractivity contribution in [3.05, 3.63) is 217 Å². The summed E-state index contributed by atoms with van der Waals surface area (Å²) in [5, 5.41) is 15.3. The van der Waals surface area contributed by atoms with Crippen LogP contribution >= 0.6 is 11.3 Å². The van der Waals surface area contributed by atoms with E-state index in [4.69, 9.17) is 0 Å². The minimum absolute atomic E-state index is 1.14. The predicted octanol–water partition coefficient (Wildman–Crippen LogP) is 17.6. The van der Waals surface area contributed by atoms with Crippen molar-refractivity contribution >= 4 is 125 Å². The highest BCUT2D eigenvalue weighted by Gasteiger charge is 2.21. The standard InChI is InChI=1S/C60H40N2S/c1-37(38(2)47-31-32-55-60-53(47)29-24-40-16-12-22-54(59(40)60)62(55)44-17-4-3-5-18-44)41-25-28-51-52-30-27-46(36-58(52)63-57(51)35-41)61(45-26-23-39-13-6-7-14-42(39)33-45)56-34-43-15-8-9-19-48(43)49-20-10-11-21-50(49)56/h3-36H,1-2H3. The highest BCUT2D eigenvalue weighted by atomic mass is 32.1. The van der Waals surface area contributed by atoms with Crippen LogP contribution in [0.1, 0.15) is 25.0 Å². The first-order valence-electron chi connectivity index (χ1n) is 21.7. The van der Waals surface area contributed by atoms with Crippen LogP contribution in [0.2, 0.25) is 0 Å². The van der Waals surface area contributed by atoms with E-state index in [0.29, 0.717) is 0 Å². The molecule has 0 amide bonds. The summed E-state index contributed by atoms with van der Waals surface area (Å²) in [6, 6.07) is 76.3. The Morgan fingerprint density at radius 2 is 1.03 bits per heavy atom. The highest BCUT2D eigenvalue weighted by molar-refractivity contribution is 7.25. The van der Waals surface area contributed by atoms with Crippen molar-refractivity contribution in [1.82, 2.24) is 4.57 Å². The molecule has 0 spiro atoms. The van der Waals surface area contributed by atoms with Crippen molar-refractivity contribution in [2.45, 2.75) is 13.8 Å². The Morgan fingerprint density at radius 3 is 1.89 bits per heavy atom. The lowest BCUT2D eigenvalue weighted by atomic mass is 9.91. The van der Waals surface area contributed by atoms with E-state index in [-0.39, 0.29) is 0 Å². The van der Waals surface area contributed by atoms with Gasteiger partial charge in [0, 0.05) is 53.4 Å². The molecule has 63 heavy (non-hydrogen) atoms. The average molecular weight is 821 g/mol. The quantitative estimate of drug-likeness (QED) is 0.120. The molecule has 2 nitrogen and oxygen atoms in total. The van der Waals surface area contributed by atoms with Gasteiger partial charge in [0.2, 0.25) is 0 Å². The summed E-state index contributed by atoms with van der Waals surface area (Å²) in [4.78, 5) is 2.46. The van der Waals surface area contributed by atoms with Crippen molar-refractivity contribution < 1.29 is 0 Å². The third kappa shape index (κ3) is 5.50. The van der Waals surface area contributed by atoms with Gasteiger partial charge in [0.15, 0.2) is 0 Å². The molecule has 13 rings (SSSR count). The maximum absolute atomic E-state index is 2.46. The predicted molar refractivity (Wildman–Crippen MR) is 274 cm³/mol. The van der Waals surface area contributed by atoms with Crippen LogP contribution in [0.25, 0.3) is 102 Å². The van der Waals surface area contributed by atoms with Crippen molar-refractivity contribution in [1.29, 1.82) is 0 Å². The molecule has 2 heterocycles. The summed E-state index contributed by atoms with van der Waals surface area (Å²) < 4.78 is 5.00. The van der Waals surface area contributed by atoms with Crippen LogP contribution < -0.4 is 4.90 Å². The number of hydrogen-bond acceptors (Lipinski definition) is 2. The van der Waals surface area contributed by atoms with Crippen LogP contribution in [0.15, 0.2) is 206 Å². The highest BCUT2D eigenvalue weighted by Crippen LogP contribution is 2.47. The van der Waals surface area contributed by atoms with Crippen LogP contribution in [0, 0.1) is 0 Å². The van der Waals surface area contributed by atoms with Gasteiger partial charge < -0.3 is 9.47 Å². The fourth-order valence-corrected chi connectivity index (χ4v) is 11.6. The van der Waals surface area contributed by atoms with E-state index in [1.165, 1.54) is 119 Å². The molecule has 0 atom stereocenters. The number of allylic oxidation sites excluding steroid dienone is 2. The van der Waals surface area contributed by atoms with E-state index in [9.17, 15) is 0 Å². The fraction of sp³-hybridized carbons (Fsp3) is 0.0333. The van der Waals surface area contributed by atoms with Crippen LogP contribution in [0.4, 0.5) is 17.1 Å². The van der Waals surface area contributed by atoms with Gasteiger partial charge in [-0.1, -0.05) is 146 Å². The van der Waals surface area contributed by atoms with E-state index in [1.807, 2.05) is 11.3 Å². The smallest absolute Gasteiger partial charge is 0.0547 e. The van der Waals surface area contributed by atoms with Crippen LogP contribution in [-0.4, -0.2) is 4.57 Å². The molecule has 13 aromatic rings. The molecule has 0 aliphatic heterocycles. The topological polar surface area (TPSA) is 8.17 Å². The van der Waals surface area contributed by atoms with E-state index in [1.54, 1.807) is 0 Å². The van der Waals surface area contributed by atoms with E-state index in [0.717, 1.165) is 11.4 Å². The number of fused-ring (bicyclic) bond motifs is 7. The van der Waals surface area contributed by atoms with Gasteiger partial charge in [-0.2, -0.15) is 0 Å². The summed E-state index contributed by atoms with van der Waals surface area (Å²) in [7, 11) is 0. The number of benzene rings is 11. The SMILES string of the molecule is CC(=C(C)c1ccc2c3c1ccc1cccc(c13)n2-c1ccccc1)c1ccc2c(c1)sc1cc(N(c3ccc4ccccc4c3)c3cc4ccccc4c4ccccc34)ccc12. The Labute approximate surface area is 369 Å². The Bertz CT molecular complexity index is 4000. The molecule has 0 saturated heterocycles. The summed E-state index contributed by atoms with van der Waals surface area (Å²) in [6.07, 6.45) is 0. The summed E-state index contributed by atoms with van der Waals surface area (Å²) in [6.45, 7) is 4.59. The van der Waals surface area contributed by atoms with Crippen molar-refractivity contribution in [3.8, 4) is 5.69 Å². The normalized spacial score (nSPS) is 12.5. The van der Waals surface area contributed by atoms with Crippen LogP contribution in [-0.2, 0) is 0 Å². The zero-order chi connectivity index (χ0) is 41.8. The first kappa shape index (κ1) is 36.0. The lowest BCUT2D eigenvalue weighted by molar-refractivity contribution is 1.18. The molecular formula is C60H40N2S. The van der Waals surface area contributed by atoms with Gasteiger partial charge >= 0.3 is 0 Å². The largest absolute Gasteiger partial charge is 0.310 e. The molecule has 2 aromatic heterocycles. The Morgan fingerprint density at radius 1 is 0.397 bits per heavy atom. The summed E-state index contributed by atoms with van der Waals surface area (Å²) in [5.74, 6) is 0. The number of thiophene rings is 1. The third-order valence-corrected chi connectivity index (χ3v) is 14.7. The molecule has 3 heteroatoms. The van der Waals surface area contributed by atoms with Crippen molar-refractivity contribution in [3.63, 3.8) is 0 Å². The second-order valence-electron chi connectivity index (χ2n) is 16.9. The van der Waals surface area contributed by atoms with Crippen molar-refractivity contribution in [2.75, 3.05) is 4.90 Å². The third-order valence-electron chi connectivity index (χ3n) is 13.6. The zero-order valence-corrected chi connectivity index (χ0v) is 35.7. The number of anilines is 3. The molecule has 0 radical (unpaired) electrons. The van der Waals surface area contributed by atoms with Gasteiger partial charge in [0.25, 0.3) is 0 Å². The van der Waals surface area contributed by atoms with E-state index >= 15 is 0 Å². The number of nitrogens with zero attached hydrogens (tertiary/aromatic N) is 2. The number of hydrogen-bond donors (Lipinski definition) is 0. The Balaban J connectivity index is 0.948. The van der Waals surface area contributed by atoms with Crippen LogP contribution in [0.5, 0.6) is 0 Å². The number of para-hydroxylation sites is 1. The van der Waals surface area contributed by atoms with Gasteiger partial charge in [0.05, 0.1) is 16.7 Å². The second-order valence-corrected chi connectivity index (χ2v) is 18.0. The van der Waals surface area contributed by atoms with Gasteiger partial charge in [-0.3, -0.25) is 0 Å². The minimum atomic E-state index is 1.14. The molecule has 0 bridgehead atoms. The van der Waals surface area contributed by atoms with Gasteiger partial charge in [0.1, 0.15) is 0 Å². The van der Waals surface area contributed by atoms with Gasteiger partial charge in [-0.15, -0.1) is 11.3 Å². The first-order valence-corrected chi connectivity index (χ1v) is 22.6. The fourth-order valence-electron chi connectivity index (χ4n) is 10.4. The maximum atomic E-state index is 2.46. The van der Waals surface area contributed by atoms with Crippen molar-refractivity contribution in [2.24, 2.45) is 0 Å². The zero-order valence-electron chi connectivity index (χ0n) is 34.9. The van der Waals surface area contributed by atoms with E-state index in [2.05, 4.69) is 230 Å². The monoisotopic (exact) mass is 820 g/mol. The number of aromatic nitrogens is 1. The van der Waals surface area contributed by atoms with E-state index < -0.39 is 0 Å². The van der Waals surface area contributed by atoms with Gasteiger partial charge in [-0.25, -0.2) is 0 Å². The molecular weight excluding hydrogens is 781 g/mol. The molecule has 11 aromatic carbocycles. The Kier molecular flexibility index (Phi) is 7.94. The summed E-state index contributed by atoms with van der Waals surface area (Å²) in [5.41, 5.74) is 12.3. The molecule has 0 unspecified atom stereocenters.